The predicted octanol–water partition coefficient (Wildman–Crippen LogP) is 3.23. The van der Waals surface area contributed by atoms with Crippen LogP contribution < -0.4 is 9.47 Å². The molecule has 0 radical (unpaired) electrons. The summed E-state index contributed by atoms with van der Waals surface area (Å²) >= 11 is 3.15. The van der Waals surface area contributed by atoms with Gasteiger partial charge in [0.15, 0.2) is 0 Å². The summed E-state index contributed by atoms with van der Waals surface area (Å²) in [7, 11) is 3.30. The zero-order chi connectivity index (χ0) is 11.4. The van der Waals surface area contributed by atoms with Crippen LogP contribution in [0.2, 0.25) is 0 Å². The number of thiophene rings is 2. The molecule has 2 aromatic heterocycles. The highest BCUT2D eigenvalue weighted by Gasteiger charge is 2.02. The first-order valence-corrected chi connectivity index (χ1v) is 6.36. The maximum Gasteiger partial charge on any atom is 0.145 e. The van der Waals surface area contributed by atoms with Crippen molar-refractivity contribution in [3.05, 3.63) is 32.6 Å². The zero-order valence-corrected chi connectivity index (χ0v) is 10.6. The molecule has 2 rings (SSSR count). The largest absolute Gasteiger partial charge is 0.495 e. The first kappa shape index (κ1) is 11.1. The molecule has 0 atom stereocenters. The van der Waals surface area contributed by atoms with Crippen LogP contribution in [0.25, 0.3) is 0 Å². The Morgan fingerprint density at radius 1 is 0.875 bits per heavy atom. The highest BCUT2D eigenvalue weighted by Crippen LogP contribution is 2.25. The van der Waals surface area contributed by atoms with E-state index in [0.29, 0.717) is 0 Å². The minimum absolute atomic E-state index is 0.827. The molecule has 2 aromatic rings. The van der Waals surface area contributed by atoms with Crippen molar-refractivity contribution in [2.75, 3.05) is 14.2 Å². The molecule has 0 N–H and O–H groups in total. The summed E-state index contributed by atoms with van der Waals surface area (Å²) in [5.74, 6) is 7.84. The normalized spacial score (nSPS) is 9.38. The van der Waals surface area contributed by atoms with Crippen LogP contribution in [-0.4, -0.2) is 14.2 Å². The van der Waals surface area contributed by atoms with Crippen LogP contribution in [0.1, 0.15) is 9.75 Å². The average Bonchev–Trinajstić information content (AvgIpc) is 2.94. The molecule has 2 heterocycles. The third-order valence-corrected chi connectivity index (χ3v) is 3.61. The fourth-order valence-corrected chi connectivity index (χ4v) is 2.62. The maximum atomic E-state index is 5.19. The van der Waals surface area contributed by atoms with Crippen LogP contribution in [0.4, 0.5) is 0 Å². The summed E-state index contributed by atoms with van der Waals surface area (Å²) in [5, 5.41) is 3.93. The molecule has 0 bridgehead atoms. The second-order valence-electron chi connectivity index (χ2n) is 2.89. The highest BCUT2D eigenvalue weighted by molar-refractivity contribution is 7.11. The molecule has 0 saturated carbocycles. The van der Waals surface area contributed by atoms with Crippen LogP contribution in [-0.2, 0) is 0 Å². The quantitative estimate of drug-likeness (QED) is 0.762. The lowest BCUT2D eigenvalue weighted by Crippen LogP contribution is -1.82. The zero-order valence-electron chi connectivity index (χ0n) is 8.94. The first-order chi connectivity index (χ1) is 7.85. The molecule has 0 aliphatic carbocycles. The van der Waals surface area contributed by atoms with Gasteiger partial charge in [0.25, 0.3) is 0 Å². The standard InChI is InChI=1S/C12H10O2S2/c1-13-9-5-7-15-11(9)3-4-12-10(14-2)6-8-16-12/h5-8H,1-2H3. The van der Waals surface area contributed by atoms with Crippen LogP contribution >= 0.6 is 22.7 Å². The molecule has 0 saturated heterocycles. The summed E-state index contributed by atoms with van der Waals surface area (Å²) < 4.78 is 10.4. The van der Waals surface area contributed by atoms with Gasteiger partial charge in [0.1, 0.15) is 21.3 Å². The van der Waals surface area contributed by atoms with E-state index >= 15 is 0 Å². The predicted molar refractivity (Wildman–Crippen MR) is 67.7 cm³/mol. The SMILES string of the molecule is COc1ccsc1C#Cc1sccc1OC. The number of methoxy groups -OCH3 is 2. The van der Waals surface area contributed by atoms with Crippen molar-refractivity contribution in [2.24, 2.45) is 0 Å². The van der Waals surface area contributed by atoms with Gasteiger partial charge in [0, 0.05) is 0 Å². The number of rotatable bonds is 2. The van der Waals surface area contributed by atoms with Crippen LogP contribution in [0.15, 0.2) is 22.9 Å². The number of ether oxygens (including phenoxy) is 2. The Morgan fingerprint density at radius 2 is 1.31 bits per heavy atom. The van der Waals surface area contributed by atoms with E-state index in [1.165, 1.54) is 0 Å². The summed E-state index contributed by atoms with van der Waals surface area (Å²) in [6.45, 7) is 0. The van der Waals surface area contributed by atoms with Crippen molar-refractivity contribution in [1.29, 1.82) is 0 Å². The Labute approximate surface area is 102 Å². The van der Waals surface area contributed by atoms with Crippen molar-refractivity contribution in [1.82, 2.24) is 0 Å². The minimum atomic E-state index is 0.827. The number of hydrogen-bond acceptors (Lipinski definition) is 4. The van der Waals surface area contributed by atoms with Gasteiger partial charge in [-0.2, -0.15) is 0 Å². The fraction of sp³-hybridized carbons (Fsp3) is 0.167. The van der Waals surface area contributed by atoms with Gasteiger partial charge in [0.05, 0.1) is 14.2 Å². The molecular formula is C12H10O2S2. The summed E-state index contributed by atoms with van der Waals surface area (Å²) in [5.41, 5.74) is 0. The molecule has 16 heavy (non-hydrogen) atoms. The van der Waals surface area contributed by atoms with E-state index in [-0.39, 0.29) is 0 Å². The van der Waals surface area contributed by atoms with Crippen molar-refractivity contribution in [3.63, 3.8) is 0 Å². The van der Waals surface area contributed by atoms with Gasteiger partial charge in [-0.3, -0.25) is 0 Å². The third-order valence-electron chi connectivity index (χ3n) is 1.99. The Bertz CT molecular complexity index is 482. The van der Waals surface area contributed by atoms with E-state index in [4.69, 9.17) is 9.47 Å². The number of hydrogen-bond donors (Lipinski definition) is 0. The fourth-order valence-electron chi connectivity index (χ4n) is 1.21. The van der Waals surface area contributed by atoms with Gasteiger partial charge in [-0.15, -0.1) is 22.7 Å². The van der Waals surface area contributed by atoms with Gasteiger partial charge in [-0.05, 0) is 34.7 Å². The summed E-state index contributed by atoms with van der Waals surface area (Å²) in [6, 6.07) is 3.83. The van der Waals surface area contributed by atoms with Crippen molar-refractivity contribution in [2.45, 2.75) is 0 Å². The molecule has 0 amide bonds. The lowest BCUT2D eigenvalue weighted by atomic mass is 10.4. The molecule has 2 nitrogen and oxygen atoms in total. The van der Waals surface area contributed by atoms with E-state index in [1.807, 2.05) is 22.9 Å². The molecule has 4 heteroatoms. The molecule has 0 aromatic carbocycles. The van der Waals surface area contributed by atoms with E-state index in [1.54, 1.807) is 36.9 Å². The highest BCUT2D eigenvalue weighted by atomic mass is 32.1. The van der Waals surface area contributed by atoms with Gasteiger partial charge in [-0.25, -0.2) is 0 Å². The molecule has 0 unspecified atom stereocenters. The van der Waals surface area contributed by atoms with Crippen molar-refractivity contribution < 1.29 is 9.47 Å². The van der Waals surface area contributed by atoms with Crippen LogP contribution in [0.5, 0.6) is 11.5 Å². The molecule has 0 aliphatic heterocycles. The van der Waals surface area contributed by atoms with Crippen molar-refractivity contribution >= 4 is 22.7 Å². The maximum absolute atomic E-state index is 5.19. The Kier molecular flexibility index (Phi) is 3.50. The molecule has 82 valence electrons. The third kappa shape index (κ3) is 2.21. The van der Waals surface area contributed by atoms with E-state index in [9.17, 15) is 0 Å². The minimum Gasteiger partial charge on any atom is -0.495 e. The van der Waals surface area contributed by atoms with Crippen LogP contribution in [0, 0.1) is 11.8 Å². The molecule has 0 fully saturated rings. The Morgan fingerprint density at radius 3 is 1.69 bits per heavy atom. The van der Waals surface area contributed by atoms with Crippen LogP contribution in [0.3, 0.4) is 0 Å². The lowest BCUT2D eigenvalue weighted by Gasteiger charge is -1.95. The van der Waals surface area contributed by atoms with Gasteiger partial charge >= 0.3 is 0 Å². The van der Waals surface area contributed by atoms with Gasteiger partial charge in [0.2, 0.25) is 0 Å². The first-order valence-electron chi connectivity index (χ1n) is 4.60. The smallest absolute Gasteiger partial charge is 0.145 e. The molecule has 0 spiro atoms. The summed E-state index contributed by atoms with van der Waals surface area (Å²) in [6.07, 6.45) is 0. The Hall–Kier alpha value is -1.44. The topological polar surface area (TPSA) is 18.5 Å². The second-order valence-corrected chi connectivity index (χ2v) is 4.72. The molecule has 0 aliphatic rings. The van der Waals surface area contributed by atoms with E-state index in [2.05, 4.69) is 11.8 Å². The molecular weight excluding hydrogens is 240 g/mol. The second kappa shape index (κ2) is 5.06. The van der Waals surface area contributed by atoms with Gasteiger partial charge in [-0.1, -0.05) is 0 Å². The Balaban J connectivity index is 2.28. The average molecular weight is 250 g/mol. The van der Waals surface area contributed by atoms with E-state index < -0.39 is 0 Å². The lowest BCUT2D eigenvalue weighted by molar-refractivity contribution is 0.415. The van der Waals surface area contributed by atoms with E-state index in [0.717, 1.165) is 21.3 Å². The monoisotopic (exact) mass is 250 g/mol. The van der Waals surface area contributed by atoms with Gasteiger partial charge < -0.3 is 9.47 Å². The van der Waals surface area contributed by atoms with Crippen molar-refractivity contribution in [3.8, 4) is 23.3 Å². The summed E-state index contributed by atoms with van der Waals surface area (Å²) in [4.78, 5) is 1.89.